The van der Waals surface area contributed by atoms with Crippen LogP contribution in [-0.2, 0) is 11.3 Å². The Labute approximate surface area is 159 Å². The second-order valence-corrected chi connectivity index (χ2v) is 6.51. The van der Waals surface area contributed by atoms with E-state index >= 15 is 0 Å². The molecule has 0 atom stereocenters. The molecule has 1 saturated heterocycles. The van der Waals surface area contributed by atoms with E-state index in [1.807, 2.05) is 0 Å². The smallest absolute Gasteiger partial charge is 0.350 e. The molecule has 3 heterocycles. The van der Waals surface area contributed by atoms with Crippen LogP contribution < -0.4 is 10.6 Å². The maximum absolute atomic E-state index is 12.6. The molecule has 28 heavy (non-hydrogen) atoms. The van der Waals surface area contributed by atoms with Crippen LogP contribution in [0.4, 0.5) is 11.4 Å². The Morgan fingerprint density at radius 1 is 1.07 bits per heavy atom. The van der Waals surface area contributed by atoms with Crippen molar-refractivity contribution in [3.8, 4) is 0 Å². The molecule has 144 valence electrons. The number of carbonyl (C=O) groups excluding carboxylic acids is 1. The molecule has 1 amide bonds. The molecule has 0 saturated carbocycles. The number of carbonyl (C=O) groups is 1. The van der Waals surface area contributed by atoms with Gasteiger partial charge in [0.25, 0.3) is 5.69 Å². The van der Waals surface area contributed by atoms with E-state index in [0.29, 0.717) is 31.8 Å². The number of rotatable bonds is 4. The van der Waals surface area contributed by atoms with Gasteiger partial charge in [-0.15, -0.1) is 5.10 Å². The number of benzene rings is 1. The van der Waals surface area contributed by atoms with Crippen LogP contribution in [0.1, 0.15) is 0 Å². The highest BCUT2D eigenvalue weighted by Gasteiger charge is 2.23. The Bertz CT molecular complexity index is 1080. The van der Waals surface area contributed by atoms with E-state index in [9.17, 15) is 19.7 Å². The van der Waals surface area contributed by atoms with Gasteiger partial charge in [-0.05, 0) is 24.3 Å². The molecule has 2 aromatic heterocycles. The Balaban J connectivity index is 1.39. The minimum absolute atomic E-state index is 0.0514. The second-order valence-electron chi connectivity index (χ2n) is 6.51. The summed E-state index contributed by atoms with van der Waals surface area (Å²) in [6.45, 7) is 2.15. The SMILES string of the molecule is O=C(Cn1nc2ccccn2c1=O)N1CCN(c2ccc([N+](=O)[O-])cc2)CC1. The first-order valence-electron chi connectivity index (χ1n) is 8.84. The fraction of sp³-hybridized carbons (Fsp3) is 0.278. The fourth-order valence-electron chi connectivity index (χ4n) is 3.30. The summed E-state index contributed by atoms with van der Waals surface area (Å²) in [5, 5.41) is 14.9. The normalized spacial score (nSPS) is 14.4. The number of non-ortho nitro benzene ring substituents is 1. The van der Waals surface area contributed by atoms with Crippen molar-refractivity contribution in [3.63, 3.8) is 0 Å². The van der Waals surface area contributed by atoms with Gasteiger partial charge in [0.05, 0.1) is 4.92 Å². The van der Waals surface area contributed by atoms with Crippen molar-refractivity contribution >= 4 is 22.9 Å². The molecule has 3 aromatic rings. The summed E-state index contributed by atoms with van der Waals surface area (Å²) in [5.41, 5.74) is 1.10. The fourth-order valence-corrected chi connectivity index (χ4v) is 3.30. The van der Waals surface area contributed by atoms with Crippen LogP contribution in [0.15, 0.2) is 53.5 Å². The number of aromatic nitrogens is 3. The average molecular weight is 382 g/mol. The molecule has 10 nitrogen and oxygen atoms in total. The molecule has 1 fully saturated rings. The van der Waals surface area contributed by atoms with E-state index in [-0.39, 0.29) is 23.8 Å². The lowest BCUT2D eigenvalue weighted by Crippen LogP contribution is -2.50. The van der Waals surface area contributed by atoms with E-state index in [2.05, 4.69) is 10.00 Å². The molecule has 0 N–H and O–H groups in total. The molecule has 0 aliphatic carbocycles. The van der Waals surface area contributed by atoms with Gasteiger partial charge in [0.15, 0.2) is 5.65 Å². The summed E-state index contributed by atoms with van der Waals surface area (Å²) >= 11 is 0. The first-order chi connectivity index (χ1) is 13.5. The monoisotopic (exact) mass is 382 g/mol. The lowest BCUT2D eigenvalue weighted by atomic mass is 10.2. The van der Waals surface area contributed by atoms with Crippen molar-refractivity contribution in [2.75, 3.05) is 31.1 Å². The predicted octanol–water partition coefficient (Wildman–Crippen LogP) is 0.753. The first kappa shape index (κ1) is 17.7. The molecule has 0 bridgehead atoms. The molecular formula is C18H18N6O4. The minimum Gasteiger partial charge on any atom is -0.368 e. The maximum atomic E-state index is 12.6. The number of piperazine rings is 1. The third-order valence-electron chi connectivity index (χ3n) is 4.83. The minimum atomic E-state index is -0.429. The molecule has 0 unspecified atom stereocenters. The number of hydrogen-bond donors (Lipinski definition) is 0. The zero-order chi connectivity index (χ0) is 19.7. The van der Waals surface area contributed by atoms with Crippen molar-refractivity contribution in [2.24, 2.45) is 0 Å². The highest BCUT2D eigenvalue weighted by atomic mass is 16.6. The topological polar surface area (TPSA) is 106 Å². The van der Waals surface area contributed by atoms with Gasteiger partial charge >= 0.3 is 5.69 Å². The van der Waals surface area contributed by atoms with E-state index in [0.717, 1.165) is 5.69 Å². The Morgan fingerprint density at radius 3 is 2.43 bits per heavy atom. The summed E-state index contributed by atoms with van der Waals surface area (Å²) in [6, 6.07) is 11.6. The summed E-state index contributed by atoms with van der Waals surface area (Å²) in [7, 11) is 0. The van der Waals surface area contributed by atoms with Crippen LogP contribution in [0.2, 0.25) is 0 Å². The number of nitrogens with zero attached hydrogens (tertiary/aromatic N) is 6. The Hall–Kier alpha value is -3.69. The van der Waals surface area contributed by atoms with Gasteiger partial charge in [0.2, 0.25) is 5.91 Å². The van der Waals surface area contributed by atoms with E-state index in [1.165, 1.54) is 21.2 Å². The molecule has 0 radical (unpaired) electrons. The second kappa shape index (κ2) is 7.14. The van der Waals surface area contributed by atoms with Crippen LogP contribution in [0.5, 0.6) is 0 Å². The van der Waals surface area contributed by atoms with Crippen molar-refractivity contribution in [3.05, 3.63) is 69.3 Å². The van der Waals surface area contributed by atoms with Crippen LogP contribution in [-0.4, -0.2) is 56.1 Å². The summed E-state index contributed by atoms with van der Waals surface area (Å²) in [5.74, 6) is -0.158. The highest BCUT2D eigenvalue weighted by molar-refractivity contribution is 5.76. The van der Waals surface area contributed by atoms with Gasteiger partial charge < -0.3 is 9.80 Å². The molecule has 4 rings (SSSR count). The number of hydrogen-bond acceptors (Lipinski definition) is 6. The Morgan fingerprint density at radius 2 is 1.79 bits per heavy atom. The summed E-state index contributed by atoms with van der Waals surface area (Å²) < 4.78 is 2.58. The van der Waals surface area contributed by atoms with Gasteiger partial charge in [-0.3, -0.25) is 19.3 Å². The third-order valence-corrected chi connectivity index (χ3v) is 4.83. The zero-order valence-electron chi connectivity index (χ0n) is 15.0. The predicted molar refractivity (Wildman–Crippen MR) is 101 cm³/mol. The van der Waals surface area contributed by atoms with Crippen molar-refractivity contribution in [2.45, 2.75) is 6.54 Å². The number of pyridine rings is 1. The highest BCUT2D eigenvalue weighted by Crippen LogP contribution is 2.20. The van der Waals surface area contributed by atoms with Crippen LogP contribution in [0.25, 0.3) is 5.65 Å². The molecular weight excluding hydrogens is 364 g/mol. The van der Waals surface area contributed by atoms with Crippen molar-refractivity contribution in [1.29, 1.82) is 0 Å². The molecule has 1 aliphatic rings. The molecule has 0 spiro atoms. The molecule has 1 aliphatic heterocycles. The molecule has 10 heteroatoms. The third kappa shape index (κ3) is 3.31. The zero-order valence-corrected chi connectivity index (χ0v) is 15.0. The van der Waals surface area contributed by atoms with Crippen molar-refractivity contribution in [1.82, 2.24) is 19.1 Å². The van der Waals surface area contributed by atoms with Gasteiger partial charge in [-0.25, -0.2) is 9.48 Å². The standard InChI is InChI=1S/C18H18N6O4/c25-17(13-23-18(26)22-8-2-1-3-16(22)19-23)21-11-9-20(10-12-21)14-4-6-15(7-5-14)24(27)28/h1-8H,9-13H2. The lowest BCUT2D eigenvalue weighted by Gasteiger charge is -2.36. The van der Waals surface area contributed by atoms with E-state index in [4.69, 9.17) is 0 Å². The van der Waals surface area contributed by atoms with E-state index in [1.54, 1.807) is 41.4 Å². The number of nitro benzene ring substituents is 1. The number of amides is 1. The van der Waals surface area contributed by atoms with Crippen LogP contribution in [0, 0.1) is 10.1 Å². The van der Waals surface area contributed by atoms with Crippen molar-refractivity contribution < 1.29 is 9.72 Å². The number of nitro groups is 1. The van der Waals surface area contributed by atoms with Gasteiger partial charge in [-0.1, -0.05) is 6.07 Å². The van der Waals surface area contributed by atoms with Gasteiger partial charge in [0, 0.05) is 50.2 Å². The first-order valence-corrected chi connectivity index (χ1v) is 8.84. The number of fused-ring (bicyclic) bond motifs is 1. The van der Waals surface area contributed by atoms with Crippen LogP contribution >= 0.6 is 0 Å². The van der Waals surface area contributed by atoms with Gasteiger partial charge in [0.1, 0.15) is 6.54 Å². The van der Waals surface area contributed by atoms with Crippen LogP contribution in [0.3, 0.4) is 0 Å². The number of anilines is 1. The summed E-state index contributed by atoms with van der Waals surface area (Å²) in [6.07, 6.45) is 1.62. The Kier molecular flexibility index (Phi) is 4.52. The lowest BCUT2D eigenvalue weighted by molar-refractivity contribution is -0.384. The van der Waals surface area contributed by atoms with Gasteiger partial charge in [-0.2, -0.15) is 0 Å². The quantitative estimate of drug-likeness (QED) is 0.487. The van der Waals surface area contributed by atoms with E-state index < -0.39 is 4.92 Å². The largest absolute Gasteiger partial charge is 0.368 e. The maximum Gasteiger partial charge on any atom is 0.350 e. The summed E-state index contributed by atoms with van der Waals surface area (Å²) in [4.78, 5) is 39.0. The average Bonchev–Trinajstić information content (AvgIpc) is 3.04. The molecule has 1 aromatic carbocycles.